The molecule has 2 aromatic carbocycles. The highest BCUT2D eigenvalue weighted by Gasteiger charge is 2.39. The summed E-state index contributed by atoms with van der Waals surface area (Å²) in [6, 6.07) is 9.17. The third kappa shape index (κ3) is 1.85. The first-order chi connectivity index (χ1) is 9.00. The lowest BCUT2D eigenvalue weighted by Crippen LogP contribution is -2.24. The van der Waals surface area contributed by atoms with E-state index in [1.807, 2.05) is 0 Å². The summed E-state index contributed by atoms with van der Waals surface area (Å²) in [5.74, 6) is -0.685. The number of aryl methyl sites for hydroxylation is 1. The van der Waals surface area contributed by atoms with E-state index in [-0.39, 0.29) is 11.6 Å². The first kappa shape index (κ1) is 12.3. The Kier molecular flexibility index (Phi) is 2.68. The lowest BCUT2D eigenvalue weighted by Gasteiger charge is -2.25. The van der Waals surface area contributed by atoms with Crippen LogP contribution < -0.4 is 0 Å². The fourth-order valence-electron chi connectivity index (χ4n) is 2.92. The molecule has 0 heterocycles. The molecule has 0 saturated heterocycles. The number of halogens is 2. The number of benzene rings is 2. The Morgan fingerprint density at radius 3 is 2.68 bits per heavy atom. The van der Waals surface area contributed by atoms with Gasteiger partial charge < -0.3 is 5.11 Å². The summed E-state index contributed by atoms with van der Waals surface area (Å²) in [5, 5.41) is 10.9. The molecule has 0 bridgehead atoms. The van der Waals surface area contributed by atoms with Gasteiger partial charge in [-0.25, -0.2) is 8.78 Å². The van der Waals surface area contributed by atoms with Crippen molar-refractivity contribution in [2.45, 2.75) is 25.4 Å². The molecule has 0 amide bonds. The second kappa shape index (κ2) is 4.14. The van der Waals surface area contributed by atoms with Crippen molar-refractivity contribution in [1.82, 2.24) is 0 Å². The summed E-state index contributed by atoms with van der Waals surface area (Å²) < 4.78 is 27.2. The molecule has 1 N–H and O–H groups in total. The molecule has 0 radical (unpaired) electrons. The Morgan fingerprint density at radius 2 is 1.95 bits per heavy atom. The molecule has 0 saturated carbocycles. The lowest BCUT2D eigenvalue weighted by molar-refractivity contribution is 0.0825. The topological polar surface area (TPSA) is 20.2 Å². The molecule has 3 heteroatoms. The quantitative estimate of drug-likeness (QED) is 0.832. The Bertz CT molecular complexity index is 631. The van der Waals surface area contributed by atoms with Crippen molar-refractivity contribution in [1.29, 1.82) is 0 Å². The van der Waals surface area contributed by atoms with E-state index in [2.05, 4.69) is 0 Å². The second-order valence-electron chi connectivity index (χ2n) is 5.14. The fraction of sp³-hybridized carbons (Fsp3) is 0.250. The van der Waals surface area contributed by atoms with Gasteiger partial charge in [-0.3, -0.25) is 0 Å². The third-order valence-electron chi connectivity index (χ3n) is 3.82. The van der Waals surface area contributed by atoms with Gasteiger partial charge in [0.25, 0.3) is 0 Å². The first-order valence-corrected chi connectivity index (χ1v) is 6.28. The molecular formula is C16H14F2O. The summed E-state index contributed by atoms with van der Waals surface area (Å²) in [6.07, 6.45) is 0.847. The van der Waals surface area contributed by atoms with Crippen LogP contribution in [0.5, 0.6) is 0 Å². The van der Waals surface area contributed by atoms with Crippen LogP contribution in [0.3, 0.4) is 0 Å². The van der Waals surface area contributed by atoms with Crippen LogP contribution in [0.4, 0.5) is 8.78 Å². The van der Waals surface area contributed by atoms with Gasteiger partial charge in [-0.05, 0) is 60.2 Å². The maximum absolute atomic E-state index is 13.7. The maximum Gasteiger partial charge on any atom is 0.126 e. The van der Waals surface area contributed by atoms with Crippen molar-refractivity contribution >= 4 is 0 Å². The van der Waals surface area contributed by atoms with E-state index in [0.29, 0.717) is 29.5 Å². The van der Waals surface area contributed by atoms with Crippen LogP contribution in [-0.4, -0.2) is 5.11 Å². The number of hydrogen-bond acceptors (Lipinski definition) is 1. The van der Waals surface area contributed by atoms with Gasteiger partial charge in [0.15, 0.2) is 0 Å². The second-order valence-corrected chi connectivity index (χ2v) is 5.14. The minimum Gasteiger partial charge on any atom is -0.380 e. The Labute approximate surface area is 110 Å². The van der Waals surface area contributed by atoms with Gasteiger partial charge in [-0.2, -0.15) is 0 Å². The molecule has 19 heavy (non-hydrogen) atoms. The molecule has 3 rings (SSSR count). The van der Waals surface area contributed by atoms with Gasteiger partial charge in [-0.15, -0.1) is 0 Å². The van der Waals surface area contributed by atoms with Crippen LogP contribution in [0.2, 0.25) is 0 Å². The molecule has 1 atom stereocenters. The van der Waals surface area contributed by atoms with Gasteiger partial charge in [0.1, 0.15) is 17.2 Å². The summed E-state index contributed by atoms with van der Waals surface area (Å²) in [7, 11) is 0. The average Bonchev–Trinajstić information content (AvgIpc) is 2.69. The van der Waals surface area contributed by atoms with Gasteiger partial charge in [0.05, 0.1) is 0 Å². The zero-order chi connectivity index (χ0) is 13.6. The molecule has 1 aliphatic carbocycles. The zero-order valence-corrected chi connectivity index (χ0v) is 10.6. The van der Waals surface area contributed by atoms with Gasteiger partial charge >= 0.3 is 0 Å². The van der Waals surface area contributed by atoms with E-state index in [1.165, 1.54) is 18.2 Å². The van der Waals surface area contributed by atoms with E-state index in [1.54, 1.807) is 25.1 Å². The van der Waals surface area contributed by atoms with Crippen LogP contribution in [0.1, 0.15) is 28.7 Å². The SMILES string of the molecule is Cc1cc(F)cc(C2(O)CCc3c(F)cccc32)c1. The number of rotatable bonds is 1. The highest BCUT2D eigenvalue weighted by atomic mass is 19.1. The van der Waals surface area contributed by atoms with Crippen molar-refractivity contribution in [3.8, 4) is 0 Å². The summed E-state index contributed by atoms with van der Waals surface area (Å²) in [5.41, 5.74) is 1.04. The molecule has 2 aromatic rings. The average molecular weight is 260 g/mol. The Balaban J connectivity index is 2.19. The highest BCUT2D eigenvalue weighted by molar-refractivity contribution is 5.46. The standard InChI is InChI=1S/C16H14F2O/c1-10-7-11(9-12(17)8-10)16(19)6-5-13-14(16)3-2-4-15(13)18/h2-4,7-9,19H,5-6H2,1H3. The number of fused-ring (bicyclic) bond motifs is 1. The molecule has 1 nitrogen and oxygen atoms in total. The van der Waals surface area contributed by atoms with Crippen LogP contribution in [0.15, 0.2) is 36.4 Å². The summed E-state index contributed by atoms with van der Waals surface area (Å²) in [4.78, 5) is 0. The summed E-state index contributed by atoms with van der Waals surface area (Å²) in [6.45, 7) is 1.78. The molecule has 0 spiro atoms. The Hall–Kier alpha value is -1.74. The molecule has 0 aromatic heterocycles. The van der Waals surface area contributed by atoms with Crippen molar-refractivity contribution in [3.05, 3.63) is 70.3 Å². The smallest absolute Gasteiger partial charge is 0.126 e. The lowest BCUT2D eigenvalue weighted by atomic mass is 9.87. The van der Waals surface area contributed by atoms with Crippen molar-refractivity contribution in [2.24, 2.45) is 0 Å². The van der Waals surface area contributed by atoms with Crippen molar-refractivity contribution in [2.75, 3.05) is 0 Å². The first-order valence-electron chi connectivity index (χ1n) is 6.28. The van der Waals surface area contributed by atoms with E-state index in [9.17, 15) is 13.9 Å². The van der Waals surface area contributed by atoms with Crippen LogP contribution in [-0.2, 0) is 12.0 Å². The highest BCUT2D eigenvalue weighted by Crippen LogP contribution is 2.43. The van der Waals surface area contributed by atoms with Crippen LogP contribution in [0, 0.1) is 18.6 Å². The zero-order valence-electron chi connectivity index (χ0n) is 10.6. The molecule has 0 fully saturated rings. The third-order valence-corrected chi connectivity index (χ3v) is 3.82. The van der Waals surface area contributed by atoms with Crippen molar-refractivity contribution in [3.63, 3.8) is 0 Å². The maximum atomic E-state index is 13.7. The van der Waals surface area contributed by atoms with Gasteiger partial charge in [-0.1, -0.05) is 18.2 Å². The van der Waals surface area contributed by atoms with E-state index in [0.717, 1.165) is 5.56 Å². The predicted molar refractivity (Wildman–Crippen MR) is 68.9 cm³/mol. The molecule has 1 unspecified atom stereocenters. The van der Waals surface area contributed by atoms with E-state index < -0.39 is 5.60 Å². The van der Waals surface area contributed by atoms with Crippen molar-refractivity contribution < 1.29 is 13.9 Å². The van der Waals surface area contributed by atoms with Gasteiger partial charge in [0.2, 0.25) is 0 Å². The molecule has 98 valence electrons. The molecule has 0 aliphatic heterocycles. The fourth-order valence-corrected chi connectivity index (χ4v) is 2.92. The molecular weight excluding hydrogens is 246 g/mol. The minimum absolute atomic E-state index is 0.304. The molecule has 1 aliphatic rings. The van der Waals surface area contributed by atoms with Crippen LogP contribution >= 0.6 is 0 Å². The predicted octanol–water partition coefficient (Wildman–Crippen LogP) is 3.46. The van der Waals surface area contributed by atoms with E-state index >= 15 is 0 Å². The van der Waals surface area contributed by atoms with Gasteiger partial charge in [0, 0.05) is 0 Å². The number of aliphatic hydroxyl groups is 1. The monoisotopic (exact) mass is 260 g/mol. The summed E-state index contributed by atoms with van der Waals surface area (Å²) >= 11 is 0. The van der Waals surface area contributed by atoms with E-state index in [4.69, 9.17) is 0 Å². The Morgan fingerprint density at radius 1 is 1.16 bits per heavy atom. The van der Waals surface area contributed by atoms with Crippen LogP contribution in [0.25, 0.3) is 0 Å². The normalized spacial score (nSPS) is 21.5. The number of hydrogen-bond donors (Lipinski definition) is 1. The minimum atomic E-state index is -1.29. The largest absolute Gasteiger partial charge is 0.380 e.